The van der Waals surface area contributed by atoms with Crippen molar-refractivity contribution in [3.8, 4) is 11.5 Å². The number of nitrogens with one attached hydrogen (secondary N) is 1. The van der Waals surface area contributed by atoms with E-state index in [1.54, 1.807) is 45.9 Å². The number of likely N-dealkylation sites (N-methyl/N-ethyl adjacent to an activating group) is 1. The predicted octanol–water partition coefficient (Wildman–Crippen LogP) is 4.31. The van der Waals surface area contributed by atoms with E-state index in [1.165, 1.54) is 59.3 Å². The number of aromatic hydroxyl groups is 1. The van der Waals surface area contributed by atoms with Crippen LogP contribution in [0.5, 0.6) is 11.5 Å². The Morgan fingerprint density at radius 3 is 2.31 bits per heavy atom. The van der Waals surface area contributed by atoms with Gasteiger partial charge in [-0.3, -0.25) is 19.2 Å². The Hall–Kier alpha value is -6.01. The van der Waals surface area contributed by atoms with Crippen molar-refractivity contribution in [2.24, 2.45) is 23.7 Å². The smallest absolute Gasteiger partial charge is 0.307 e. The van der Waals surface area contributed by atoms with Crippen LogP contribution < -0.4 is 31.0 Å². The first kappa shape index (κ1) is 47.0. The highest BCUT2D eigenvalue weighted by atomic mass is 16.7. The van der Waals surface area contributed by atoms with E-state index < -0.39 is 88.1 Å². The van der Waals surface area contributed by atoms with Crippen LogP contribution in [0.1, 0.15) is 54.0 Å². The lowest BCUT2D eigenvalue weighted by Gasteiger charge is -2.44. The highest BCUT2D eigenvalue weighted by Gasteiger charge is 2.44. The Bertz CT molecular complexity index is 2850. The average molecular weight is 899 g/mol. The first-order valence-corrected chi connectivity index (χ1v) is 21.6. The second kappa shape index (κ2) is 17.8. The number of allylic oxidation sites excluding steroid dienone is 2. The topological polar surface area (TPSA) is 231 Å². The molecule has 1 amide bonds. The quantitative estimate of drug-likeness (QED) is 0.109. The maximum Gasteiger partial charge on any atom is 0.307 e. The summed E-state index contributed by atoms with van der Waals surface area (Å²) in [6.45, 7) is 13.9. The number of benzene rings is 3. The summed E-state index contributed by atoms with van der Waals surface area (Å²) < 4.78 is 30.4. The lowest BCUT2D eigenvalue weighted by molar-refractivity contribution is -0.160. The van der Waals surface area contributed by atoms with E-state index in [4.69, 9.17) is 28.3 Å². The molecule has 3 aromatic carbocycles. The van der Waals surface area contributed by atoms with Crippen molar-refractivity contribution in [1.29, 1.82) is 0 Å². The SMILES string of the molecule is CO[C@H]1/C=C/O[C@@]2(C)Oc3c(C)c(O)c4c(=O)c(c5oc6cc(N7CC(N(C)C)C7)cc(=O)c6nc5c4c3=C2O)NC(=O)/C(C)=C\C=C\[C@H](C)[C@H](O)[C@@H](C)[C@@H](O)[C@@H](C)[C@H](OC(C)=O)[C@@H]1C. The Labute approximate surface area is 375 Å². The number of anilines is 2. The molecule has 0 aliphatic carbocycles. The molecular formula is C48H58N4O13. The molecule has 17 nitrogen and oxygen atoms in total. The summed E-state index contributed by atoms with van der Waals surface area (Å²) in [5.41, 5.74) is -1.42. The Balaban J connectivity index is 1.47. The van der Waals surface area contributed by atoms with Gasteiger partial charge in [0.2, 0.25) is 10.9 Å². The van der Waals surface area contributed by atoms with E-state index in [1.807, 2.05) is 19.0 Å². The standard InChI is InChI=1S/C48H58N4O13/c1-21-13-12-14-22(2)47(60)50-38-42(58)34-33(37-45(38)64-32-18-28(17-30(54)36(32)49-37)52-19-29(20-52)51(9)10)35-44(26(6)41(34)57)65-48(8,46(35)59)62-16-15-31(61-11)23(3)43(63-27(7)53)25(5)40(56)24(4)39(21)55/h12-18,21,23-25,29,31,39-40,43,55-57,59H,19-20H2,1-11H3,(H,50,60)/b13-12+,16-15+,22-14-/t21-,23+,24+,25+,31-,39-,40+,43+,48-/m0/s1. The molecule has 1 aromatic heterocycles. The minimum Gasteiger partial charge on any atom is -0.507 e. The molecule has 0 spiro atoms. The number of carbonyl (C=O) groups is 2. The van der Waals surface area contributed by atoms with Crippen molar-refractivity contribution in [3.63, 3.8) is 0 Å². The third kappa shape index (κ3) is 8.30. The second-order valence-electron chi connectivity index (χ2n) is 18.1. The van der Waals surface area contributed by atoms with Crippen LogP contribution in [0.15, 0.2) is 62.3 Å². The first-order valence-electron chi connectivity index (χ1n) is 21.6. The maximum absolute atomic E-state index is 14.8. The third-order valence-corrected chi connectivity index (χ3v) is 13.4. The summed E-state index contributed by atoms with van der Waals surface area (Å²) in [5.74, 6) is -6.93. The van der Waals surface area contributed by atoms with Crippen LogP contribution in [0.2, 0.25) is 0 Å². The zero-order valence-corrected chi connectivity index (χ0v) is 38.5. The molecule has 3 aliphatic heterocycles. The summed E-state index contributed by atoms with van der Waals surface area (Å²) in [7, 11) is 5.39. The number of ether oxygens (including phenoxy) is 4. The molecule has 9 atom stereocenters. The first-order chi connectivity index (χ1) is 30.6. The van der Waals surface area contributed by atoms with E-state index in [9.17, 15) is 39.6 Å². The fourth-order valence-corrected chi connectivity index (χ4v) is 9.05. The number of esters is 1. The number of carbonyl (C=O) groups excluding carboxylic acids is 2. The third-order valence-electron chi connectivity index (χ3n) is 13.4. The molecule has 0 radical (unpaired) electrons. The molecule has 0 unspecified atom stereocenters. The molecule has 0 saturated carbocycles. The molecule has 5 N–H and O–H groups in total. The van der Waals surface area contributed by atoms with Gasteiger partial charge in [0.25, 0.3) is 5.91 Å². The van der Waals surface area contributed by atoms with E-state index in [0.717, 1.165) is 0 Å². The second-order valence-corrected chi connectivity index (χ2v) is 18.1. The number of aromatic nitrogens is 1. The van der Waals surface area contributed by atoms with Gasteiger partial charge in [0.1, 0.15) is 28.8 Å². The molecule has 1 fully saturated rings. The van der Waals surface area contributed by atoms with Crippen LogP contribution in [-0.2, 0) is 23.8 Å². The van der Waals surface area contributed by atoms with Gasteiger partial charge < -0.3 is 58.9 Å². The molecular weight excluding hydrogens is 841 g/mol. The average Bonchev–Trinajstić information content (AvgIpc) is 3.50. The Kier molecular flexibility index (Phi) is 12.8. The van der Waals surface area contributed by atoms with Crippen LogP contribution >= 0.6 is 0 Å². The molecule has 348 valence electrons. The minimum absolute atomic E-state index is 0.0285. The van der Waals surface area contributed by atoms with Gasteiger partial charge in [0.05, 0.1) is 35.2 Å². The van der Waals surface area contributed by atoms with Crippen LogP contribution in [0.25, 0.3) is 38.7 Å². The van der Waals surface area contributed by atoms with Gasteiger partial charge >= 0.3 is 11.8 Å². The van der Waals surface area contributed by atoms with Crippen LogP contribution in [-0.4, -0.2) is 113 Å². The van der Waals surface area contributed by atoms with Crippen LogP contribution in [0.3, 0.4) is 0 Å². The van der Waals surface area contributed by atoms with Crippen LogP contribution in [0.4, 0.5) is 11.4 Å². The minimum atomic E-state index is -1.98. The van der Waals surface area contributed by atoms with Gasteiger partial charge in [-0.15, -0.1) is 0 Å². The summed E-state index contributed by atoms with van der Waals surface area (Å²) in [4.78, 5) is 63.9. The normalized spacial score (nSPS) is 29.9. The number of aliphatic hydroxyl groups excluding tert-OH is 3. The van der Waals surface area contributed by atoms with Crippen molar-refractivity contribution in [3.05, 3.63) is 79.5 Å². The van der Waals surface area contributed by atoms with Crippen molar-refractivity contribution in [2.75, 3.05) is 44.5 Å². The van der Waals surface area contributed by atoms with Gasteiger partial charge in [-0.25, -0.2) is 4.98 Å². The highest BCUT2D eigenvalue weighted by molar-refractivity contribution is 6.16. The molecule has 7 rings (SSSR count). The van der Waals surface area contributed by atoms with Crippen molar-refractivity contribution in [2.45, 2.75) is 91.6 Å². The molecule has 65 heavy (non-hydrogen) atoms. The predicted molar refractivity (Wildman–Crippen MR) is 245 cm³/mol. The monoisotopic (exact) mass is 898 g/mol. The van der Waals surface area contributed by atoms with Gasteiger partial charge in [0.15, 0.2) is 22.4 Å². The van der Waals surface area contributed by atoms with Crippen molar-refractivity contribution in [1.82, 2.24) is 9.88 Å². The molecule has 17 heteroatoms. The van der Waals surface area contributed by atoms with E-state index >= 15 is 0 Å². The number of methoxy groups -OCH3 is 1. The molecule has 4 heterocycles. The maximum atomic E-state index is 14.8. The van der Waals surface area contributed by atoms with Gasteiger partial charge in [-0.1, -0.05) is 45.9 Å². The number of hydrogen-bond acceptors (Lipinski definition) is 16. The van der Waals surface area contributed by atoms with Crippen molar-refractivity contribution < 1.29 is 53.4 Å². The Morgan fingerprint density at radius 1 is 0.969 bits per heavy atom. The summed E-state index contributed by atoms with van der Waals surface area (Å²) >= 11 is 0. The molecule has 3 aliphatic rings. The lowest BCUT2D eigenvalue weighted by atomic mass is 9.78. The molecule has 4 bridgehead atoms. The number of rotatable bonds is 4. The number of hydrogen-bond donors (Lipinski definition) is 5. The van der Waals surface area contributed by atoms with Gasteiger partial charge in [-0.2, -0.15) is 0 Å². The fourth-order valence-electron chi connectivity index (χ4n) is 9.05. The van der Waals surface area contributed by atoms with Crippen molar-refractivity contribution >= 4 is 62.0 Å². The summed E-state index contributed by atoms with van der Waals surface area (Å²) in [6, 6.07) is 3.36. The van der Waals surface area contributed by atoms with Gasteiger partial charge in [0, 0.05) is 98.1 Å². The number of amides is 1. The number of phenolic OH excluding ortho intramolecular Hbond substituents is 1. The zero-order chi connectivity index (χ0) is 47.6. The highest BCUT2D eigenvalue weighted by Crippen LogP contribution is 2.42. The van der Waals surface area contributed by atoms with Gasteiger partial charge in [-0.05, 0) is 34.0 Å². The Morgan fingerprint density at radius 2 is 1.66 bits per heavy atom. The number of aliphatic hydroxyl groups is 3. The molecule has 4 aromatic rings. The van der Waals surface area contributed by atoms with E-state index in [2.05, 4.69) is 10.2 Å². The number of phenols is 1. The number of nitrogens with zero attached hydrogens (tertiary/aromatic N) is 3. The lowest BCUT2D eigenvalue weighted by Crippen LogP contribution is -2.57. The zero-order valence-electron chi connectivity index (χ0n) is 38.5. The van der Waals surface area contributed by atoms with E-state index in [0.29, 0.717) is 18.8 Å². The number of fused-ring (bicyclic) bond motifs is 2. The van der Waals surface area contributed by atoms with E-state index in [-0.39, 0.29) is 66.8 Å². The summed E-state index contributed by atoms with van der Waals surface area (Å²) in [6.07, 6.45) is 3.55. The molecule has 1 saturated heterocycles. The fraction of sp³-hybridized carbons (Fsp3) is 0.479. The van der Waals surface area contributed by atoms with Crippen LogP contribution in [0, 0.1) is 30.6 Å². The largest absolute Gasteiger partial charge is 0.507 e. The summed E-state index contributed by atoms with van der Waals surface area (Å²) in [5, 5.41) is 49.1.